The van der Waals surface area contributed by atoms with Crippen molar-refractivity contribution in [1.82, 2.24) is 15.1 Å². The summed E-state index contributed by atoms with van der Waals surface area (Å²) in [5.74, 6) is -0.205. The number of phenolic OH excluding ortho intramolecular Hbond substituents is 1. The molecule has 0 aliphatic carbocycles. The van der Waals surface area contributed by atoms with Crippen molar-refractivity contribution in [2.24, 2.45) is 0 Å². The number of benzene rings is 1. The number of carbonyl (C=O) groups is 3. The maximum absolute atomic E-state index is 12.7. The fourth-order valence-corrected chi connectivity index (χ4v) is 2.99. The molecule has 26 heavy (non-hydrogen) atoms. The molecule has 1 aliphatic heterocycles. The van der Waals surface area contributed by atoms with Crippen LogP contribution in [0.4, 0.5) is 0 Å². The van der Waals surface area contributed by atoms with Crippen molar-refractivity contribution < 1.29 is 24.2 Å². The first kappa shape index (κ1) is 19.6. The van der Waals surface area contributed by atoms with Crippen LogP contribution in [0.25, 0.3) is 0 Å². The van der Waals surface area contributed by atoms with E-state index in [-0.39, 0.29) is 48.1 Å². The largest absolute Gasteiger partial charge is 0.504 e. The highest BCUT2D eigenvalue weighted by atomic mass is 16.5. The van der Waals surface area contributed by atoms with Crippen molar-refractivity contribution in [3.63, 3.8) is 0 Å². The molecule has 0 saturated carbocycles. The summed E-state index contributed by atoms with van der Waals surface area (Å²) in [4.78, 5) is 39.7. The van der Waals surface area contributed by atoms with Crippen LogP contribution in [0, 0.1) is 0 Å². The maximum atomic E-state index is 12.7. The topological polar surface area (TPSA) is 99.2 Å². The lowest BCUT2D eigenvalue weighted by atomic mass is 10.1. The van der Waals surface area contributed by atoms with Crippen LogP contribution in [0.3, 0.4) is 0 Å². The molecule has 3 amide bonds. The Bertz CT molecular complexity index is 691. The van der Waals surface area contributed by atoms with E-state index in [4.69, 9.17) is 4.74 Å². The monoisotopic (exact) mass is 363 g/mol. The van der Waals surface area contributed by atoms with E-state index in [0.717, 1.165) is 0 Å². The van der Waals surface area contributed by atoms with Crippen LogP contribution in [-0.4, -0.2) is 72.5 Å². The van der Waals surface area contributed by atoms with E-state index >= 15 is 0 Å². The fraction of sp³-hybridized carbons (Fsp3) is 0.500. The Morgan fingerprint density at radius 1 is 1.27 bits per heavy atom. The lowest BCUT2D eigenvalue weighted by molar-refractivity contribution is -0.137. The van der Waals surface area contributed by atoms with Gasteiger partial charge in [0, 0.05) is 51.1 Å². The van der Waals surface area contributed by atoms with Gasteiger partial charge in [0.15, 0.2) is 11.5 Å². The number of amides is 3. The highest BCUT2D eigenvalue weighted by Gasteiger charge is 2.30. The van der Waals surface area contributed by atoms with Crippen molar-refractivity contribution in [2.75, 3.05) is 33.8 Å². The fourth-order valence-electron chi connectivity index (χ4n) is 2.99. The number of rotatable bonds is 5. The van der Waals surface area contributed by atoms with Crippen LogP contribution in [0.2, 0.25) is 0 Å². The predicted octanol–water partition coefficient (Wildman–Crippen LogP) is 0.600. The van der Waals surface area contributed by atoms with E-state index in [1.807, 2.05) is 6.92 Å². The number of nitrogens with zero attached hydrogens (tertiary/aromatic N) is 2. The Morgan fingerprint density at radius 2 is 2.00 bits per heavy atom. The number of hydrogen-bond acceptors (Lipinski definition) is 5. The lowest BCUT2D eigenvalue weighted by Gasteiger charge is -2.40. The van der Waals surface area contributed by atoms with Crippen LogP contribution in [0.15, 0.2) is 18.2 Å². The van der Waals surface area contributed by atoms with Crippen molar-refractivity contribution >= 4 is 17.7 Å². The number of piperazine rings is 1. The molecular weight excluding hydrogens is 338 g/mol. The van der Waals surface area contributed by atoms with Gasteiger partial charge in [0.2, 0.25) is 11.8 Å². The third kappa shape index (κ3) is 4.44. The number of ether oxygens (including phenoxy) is 1. The quantitative estimate of drug-likeness (QED) is 0.798. The second-order valence-corrected chi connectivity index (χ2v) is 6.25. The Morgan fingerprint density at radius 3 is 2.62 bits per heavy atom. The van der Waals surface area contributed by atoms with Crippen LogP contribution < -0.4 is 10.1 Å². The van der Waals surface area contributed by atoms with Crippen LogP contribution in [-0.2, 0) is 9.59 Å². The van der Waals surface area contributed by atoms with Crippen LogP contribution in [0.1, 0.15) is 30.1 Å². The van der Waals surface area contributed by atoms with E-state index in [2.05, 4.69) is 5.32 Å². The molecule has 2 rings (SSSR count). The maximum Gasteiger partial charge on any atom is 0.254 e. The molecule has 0 bridgehead atoms. The van der Waals surface area contributed by atoms with Crippen molar-refractivity contribution in [2.45, 2.75) is 25.8 Å². The van der Waals surface area contributed by atoms with Gasteiger partial charge >= 0.3 is 0 Å². The lowest BCUT2D eigenvalue weighted by Crippen LogP contribution is -2.55. The van der Waals surface area contributed by atoms with Gasteiger partial charge in [-0.1, -0.05) is 0 Å². The smallest absolute Gasteiger partial charge is 0.254 e. The molecule has 1 aromatic carbocycles. The molecule has 0 unspecified atom stereocenters. The van der Waals surface area contributed by atoms with Crippen molar-refractivity contribution in [3.05, 3.63) is 23.8 Å². The van der Waals surface area contributed by atoms with E-state index < -0.39 is 0 Å². The minimum absolute atomic E-state index is 0.0241. The minimum Gasteiger partial charge on any atom is -0.504 e. The summed E-state index contributed by atoms with van der Waals surface area (Å²) in [6.45, 7) is 3.13. The summed E-state index contributed by atoms with van der Waals surface area (Å²) in [6, 6.07) is 4.34. The third-order valence-corrected chi connectivity index (χ3v) is 4.51. The first-order valence-corrected chi connectivity index (χ1v) is 8.53. The Labute approximate surface area is 152 Å². The first-order valence-electron chi connectivity index (χ1n) is 8.53. The predicted molar refractivity (Wildman–Crippen MR) is 95.0 cm³/mol. The average Bonchev–Trinajstić information content (AvgIpc) is 2.65. The standard InChI is InChI=1S/C18H25N3O5/c1-12-11-20(8-9-21(12)17(24)7-6-16(23)19-2)18(25)13-4-5-14(22)15(10-13)26-3/h4-5,10,12,22H,6-9,11H2,1-3H3,(H,19,23)/t12-/m1/s1. The second kappa shape index (κ2) is 8.55. The summed E-state index contributed by atoms with van der Waals surface area (Å²) in [5.41, 5.74) is 0.422. The zero-order valence-electron chi connectivity index (χ0n) is 15.3. The number of methoxy groups -OCH3 is 1. The molecule has 8 heteroatoms. The number of carbonyl (C=O) groups excluding carboxylic acids is 3. The van der Waals surface area contributed by atoms with Crippen LogP contribution in [0.5, 0.6) is 11.5 Å². The van der Waals surface area contributed by atoms with Gasteiger partial charge < -0.3 is 25.0 Å². The molecule has 2 N–H and O–H groups in total. The molecule has 0 aromatic heterocycles. The van der Waals surface area contributed by atoms with Gasteiger partial charge in [0.1, 0.15) is 0 Å². The van der Waals surface area contributed by atoms with Crippen LogP contribution >= 0.6 is 0 Å². The summed E-state index contributed by atoms with van der Waals surface area (Å²) >= 11 is 0. The summed E-state index contributed by atoms with van der Waals surface area (Å²) in [6.07, 6.45) is 0.321. The Balaban J connectivity index is 1.98. The van der Waals surface area contributed by atoms with E-state index in [0.29, 0.717) is 25.2 Å². The van der Waals surface area contributed by atoms with Gasteiger partial charge in [-0.05, 0) is 25.1 Å². The van der Waals surface area contributed by atoms with Gasteiger partial charge in [0.25, 0.3) is 5.91 Å². The molecule has 8 nitrogen and oxygen atoms in total. The summed E-state index contributed by atoms with van der Waals surface area (Å²) in [7, 11) is 2.96. The number of nitrogens with one attached hydrogen (secondary N) is 1. The molecule has 1 fully saturated rings. The Hall–Kier alpha value is -2.77. The number of hydrogen-bond donors (Lipinski definition) is 2. The normalized spacial score (nSPS) is 17.0. The van der Waals surface area contributed by atoms with Gasteiger partial charge in [-0.25, -0.2) is 0 Å². The molecule has 1 aromatic rings. The zero-order chi connectivity index (χ0) is 19.3. The van der Waals surface area contributed by atoms with Crippen molar-refractivity contribution in [3.8, 4) is 11.5 Å². The van der Waals surface area contributed by atoms with Crippen molar-refractivity contribution in [1.29, 1.82) is 0 Å². The highest BCUT2D eigenvalue weighted by molar-refractivity contribution is 5.95. The van der Waals surface area contributed by atoms with Gasteiger partial charge in [-0.2, -0.15) is 0 Å². The molecule has 1 aliphatic rings. The van der Waals surface area contributed by atoms with Gasteiger partial charge in [0.05, 0.1) is 7.11 Å². The average molecular weight is 363 g/mol. The summed E-state index contributed by atoms with van der Waals surface area (Å²) < 4.78 is 5.04. The van der Waals surface area contributed by atoms with E-state index in [9.17, 15) is 19.5 Å². The highest BCUT2D eigenvalue weighted by Crippen LogP contribution is 2.27. The number of aromatic hydroxyl groups is 1. The Kier molecular flexibility index (Phi) is 6.43. The molecule has 0 spiro atoms. The van der Waals surface area contributed by atoms with E-state index in [1.54, 1.807) is 15.9 Å². The SMILES string of the molecule is CNC(=O)CCC(=O)N1CCN(C(=O)c2ccc(O)c(OC)c2)C[C@H]1C. The first-order chi connectivity index (χ1) is 12.4. The molecule has 142 valence electrons. The molecule has 1 heterocycles. The molecule has 1 saturated heterocycles. The van der Waals surface area contributed by atoms with Gasteiger partial charge in [-0.15, -0.1) is 0 Å². The van der Waals surface area contributed by atoms with E-state index in [1.165, 1.54) is 26.3 Å². The number of phenols is 1. The second-order valence-electron chi connectivity index (χ2n) is 6.25. The minimum atomic E-state index is -0.174. The summed E-state index contributed by atoms with van der Waals surface area (Å²) in [5, 5.41) is 12.1. The molecule has 1 atom stereocenters. The zero-order valence-corrected chi connectivity index (χ0v) is 15.3. The third-order valence-electron chi connectivity index (χ3n) is 4.51. The molecule has 0 radical (unpaired) electrons. The van der Waals surface area contributed by atoms with Gasteiger partial charge in [-0.3, -0.25) is 14.4 Å². The molecular formula is C18H25N3O5.